The topological polar surface area (TPSA) is 17.1 Å². The maximum absolute atomic E-state index is 16.5. The van der Waals surface area contributed by atoms with Gasteiger partial charge in [-0.05, 0) is 48.5 Å². The van der Waals surface area contributed by atoms with Crippen molar-refractivity contribution in [2.24, 2.45) is 5.92 Å². The molecule has 0 spiro atoms. The minimum absolute atomic E-state index is 0.201. The Morgan fingerprint density at radius 3 is 2.04 bits per heavy atom. The predicted molar refractivity (Wildman–Crippen MR) is 107 cm³/mol. The molecule has 1 nitrogen and oxygen atoms in total. The summed E-state index contributed by atoms with van der Waals surface area (Å²) in [6.45, 7) is 5.46. The zero-order chi connectivity index (χ0) is 18.1. The van der Waals surface area contributed by atoms with E-state index in [-0.39, 0.29) is 11.7 Å². The first-order valence-corrected chi connectivity index (χ1v) is 11.0. The molecule has 3 heteroatoms. The zero-order valence-corrected chi connectivity index (χ0v) is 16.0. The highest BCUT2D eigenvalue weighted by Crippen LogP contribution is 2.26. The Balaban J connectivity index is 2.28. The molecule has 1 atom stereocenters. The van der Waals surface area contributed by atoms with Crippen LogP contribution < -0.4 is 10.4 Å². The van der Waals surface area contributed by atoms with Crippen molar-refractivity contribution in [3.63, 3.8) is 0 Å². The van der Waals surface area contributed by atoms with Gasteiger partial charge >= 0.3 is 8.41 Å². The molecule has 2 aromatic carbocycles. The number of halogens is 1. The van der Waals surface area contributed by atoms with Crippen LogP contribution in [0.4, 0.5) is 4.11 Å². The SMILES string of the molecule is C=CCC(CCCC(C)=O)C[Si](F)(c1ccccc1)c1ccccc1. The molecule has 1 unspecified atom stereocenters. The average molecular weight is 355 g/mol. The lowest BCUT2D eigenvalue weighted by Gasteiger charge is -2.28. The summed E-state index contributed by atoms with van der Waals surface area (Å²) in [4.78, 5) is 11.2. The molecular formula is C22H27FOSi. The Morgan fingerprint density at radius 2 is 1.60 bits per heavy atom. The van der Waals surface area contributed by atoms with Gasteiger partial charge in [-0.3, -0.25) is 0 Å². The number of hydrogen-bond donors (Lipinski definition) is 0. The lowest BCUT2D eigenvalue weighted by atomic mass is 9.99. The Bertz CT molecular complexity index is 629. The van der Waals surface area contributed by atoms with Crippen molar-refractivity contribution in [3.8, 4) is 0 Å². The lowest BCUT2D eigenvalue weighted by molar-refractivity contribution is -0.117. The second-order valence-corrected chi connectivity index (χ2v) is 9.89. The maximum atomic E-state index is 16.5. The van der Waals surface area contributed by atoms with Crippen LogP contribution in [0.15, 0.2) is 73.3 Å². The first kappa shape index (κ1) is 19.3. The van der Waals surface area contributed by atoms with Gasteiger partial charge in [0.15, 0.2) is 0 Å². The van der Waals surface area contributed by atoms with E-state index in [0.717, 1.165) is 29.6 Å². The molecule has 0 bridgehead atoms. The van der Waals surface area contributed by atoms with Crippen LogP contribution in [-0.4, -0.2) is 14.2 Å². The molecule has 132 valence electrons. The van der Waals surface area contributed by atoms with Crippen LogP contribution in [0.2, 0.25) is 6.04 Å². The summed E-state index contributed by atoms with van der Waals surface area (Å²) in [5.74, 6) is 0.418. The van der Waals surface area contributed by atoms with Gasteiger partial charge in [0, 0.05) is 6.42 Å². The molecule has 0 amide bonds. The zero-order valence-electron chi connectivity index (χ0n) is 15.0. The molecule has 2 rings (SSSR count). The second kappa shape index (κ2) is 9.47. The van der Waals surface area contributed by atoms with E-state index in [1.165, 1.54) is 0 Å². The van der Waals surface area contributed by atoms with E-state index in [1.54, 1.807) is 6.92 Å². The van der Waals surface area contributed by atoms with Gasteiger partial charge in [-0.2, -0.15) is 0 Å². The third-order valence-corrected chi connectivity index (χ3v) is 8.31. The quantitative estimate of drug-likeness (QED) is 0.344. The molecule has 25 heavy (non-hydrogen) atoms. The fraction of sp³-hybridized carbons (Fsp3) is 0.318. The van der Waals surface area contributed by atoms with Gasteiger partial charge < -0.3 is 8.90 Å². The van der Waals surface area contributed by atoms with E-state index in [2.05, 4.69) is 6.58 Å². The first-order valence-electron chi connectivity index (χ1n) is 8.96. The van der Waals surface area contributed by atoms with Crippen LogP contribution in [-0.2, 0) is 4.79 Å². The predicted octanol–water partition coefficient (Wildman–Crippen LogP) is 4.67. The normalized spacial score (nSPS) is 12.6. The van der Waals surface area contributed by atoms with Gasteiger partial charge in [0.05, 0.1) is 0 Å². The molecule has 0 aliphatic carbocycles. The van der Waals surface area contributed by atoms with Gasteiger partial charge in [-0.1, -0.05) is 66.7 Å². The standard InChI is InChI=1S/C22H27FOSi/c1-3-11-20(13-10-12-19(2)24)18-25(23,21-14-6-4-7-15-21)22-16-8-5-9-17-22/h3-9,14-17,20H,1,10-13,18H2,2H3. The minimum atomic E-state index is -3.31. The highest BCUT2D eigenvalue weighted by atomic mass is 28.4. The van der Waals surface area contributed by atoms with Crippen LogP contribution in [0.5, 0.6) is 0 Å². The molecule has 0 fully saturated rings. The van der Waals surface area contributed by atoms with Crippen LogP contribution in [0, 0.1) is 5.92 Å². The summed E-state index contributed by atoms with van der Waals surface area (Å²) < 4.78 is 16.5. The Labute approximate surface area is 151 Å². The molecule has 0 heterocycles. The van der Waals surface area contributed by atoms with E-state index in [9.17, 15) is 4.79 Å². The van der Waals surface area contributed by atoms with Gasteiger partial charge in [0.2, 0.25) is 0 Å². The maximum Gasteiger partial charge on any atom is 0.308 e. The molecule has 0 aliphatic heterocycles. The minimum Gasteiger partial charge on any atom is -0.302 e. The van der Waals surface area contributed by atoms with Crippen LogP contribution >= 0.6 is 0 Å². The van der Waals surface area contributed by atoms with Crippen molar-refractivity contribution >= 4 is 24.6 Å². The van der Waals surface area contributed by atoms with Crippen LogP contribution in [0.25, 0.3) is 0 Å². The van der Waals surface area contributed by atoms with Crippen LogP contribution in [0.3, 0.4) is 0 Å². The molecule has 0 N–H and O–H groups in total. The number of benzene rings is 2. The van der Waals surface area contributed by atoms with E-state index >= 15 is 4.11 Å². The van der Waals surface area contributed by atoms with Gasteiger partial charge in [0.25, 0.3) is 0 Å². The second-order valence-electron chi connectivity index (χ2n) is 6.72. The van der Waals surface area contributed by atoms with E-state index in [4.69, 9.17) is 0 Å². The van der Waals surface area contributed by atoms with E-state index in [0.29, 0.717) is 12.5 Å². The van der Waals surface area contributed by atoms with Crippen molar-refractivity contribution in [2.45, 2.75) is 38.7 Å². The Morgan fingerprint density at radius 1 is 1.08 bits per heavy atom. The largest absolute Gasteiger partial charge is 0.308 e. The smallest absolute Gasteiger partial charge is 0.302 e. The number of carbonyl (C=O) groups excluding carboxylic acids is 1. The first-order chi connectivity index (χ1) is 12.1. The number of ketones is 1. The van der Waals surface area contributed by atoms with E-state index < -0.39 is 8.41 Å². The highest BCUT2D eigenvalue weighted by Gasteiger charge is 2.40. The summed E-state index contributed by atoms with van der Waals surface area (Å²) in [5.41, 5.74) is 0. The van der Waals surface area contributed by atoms with Crippen molar-refractivity contribution in [2.75, 3.05) is 0 Å². The van der Waals surface area contributed by atoms with E-state index in [1.807, 2.05) is 66.7 Å². The van der Waals surface area contributed by atoms with Crippen molar-refractivity contribution in [3.05, 3.63) is 73.3 Å². The lowest BCUT2D eigenvalue weighted by Crippen LogP contribution is -2.55. The summed E-state index contributed by atoms with van der Waals surface area (Å²) in [5, 5.41) is 1.64. The Kier molecular flexibility index (Phi) is 7.32. The monoisotopic (exact) mass is 354 g/mol. The third kappa shape index (κ3) is 5.50. The van der Waals surface area contributed by atoms with Crippen molar-refractivity contribution in [1.29, 1.82) is 0 Å². The fourth-order valence-corrected chi connectivity index (χ4v) is 6.80. The van der Waals surface area contributed by atoms with Crippen molar-refractivity contribution < 1.29 is 8.90 Å². The molecule has 2 aromatic rings. The molecule has 0 saturated heterocycles. The van der Waals surface area contributed by atoms with Crippen LogP contribution in [0.1, 0.15) is 32.6 Å². The van der Waals surface area contributed by atoms with Gasteiger partial charge in [-0.15, -0.1) is 6.58 Å². The summed E-state index contributed by atoms with van der Waals surface area (Å²) in [6, 6.07) is 19.7. The molecule has 0 radical (unpaired) electrons. The third-order valence-electron chi connectivity index (χ3n) is 4.67. The highest BCUT2D eigenvalue weighted by molar-refractivity contribution is 6.97. The number of allylic oxidation sites excluding steroid dienone is 1. The molecule has 0 aromatic heterocycles. The molecular weight excluding hydrogens is 327 g/mol. The Hall–Kier alpha value is -2.00. The van der Waals surface area contributed by atoms with Gasteiger partial charge in [-0.25, -0.2) is 0 Å². The van der Waals surface area contributed by atoms with Crippen molar-refractivity contribution in [1.82, 2.24) is 0 Å². The number of Topliss-reactive ketones (excluding diaryl/α,β-unsaturated/α-hetero) is 1. The summed E-state index contributed by atoms with van der Waals surface area (Å²) >= 11 is 0. The number of hydrogen-bond acceptors (Lipinski definition) is 1. The average Bonchev–Trinajstić information content (AvgIpc) is 2.63. The number of rotatable bonds is 10. The fourth-order valence-electron chi connectivity index (χ4n) is 3.38. The summed E-state index contributed by atoms with van der Waals surface area (Å²) in [6.07, 6.45) is 4.93. The summed E-state index contributed by atoms with van der Waals surface area (Å²) in [7, 11) is -3.31. The van der Waals surface area contributed by atoms with Gasteiger partial charge in [0.1, 0.15) is 5.78 Å². The number of carbonyl (C=O) groups is 1. The molecule has 0 aliphatic rings. The molecule has 0 saturated carbocycles.